The second-order valence-electron chi connectivity index (χ2n) is 4.47. The van der Waals surface area contributed by atoms with Crippen molar-refractivity contribution >= 4 is 35.0 Å². The van der Waals surface area contributed by atoms with Gasteiger partial charge in [0.25, 0.3) is 5.69 Å². The Labute approximate surface area is 137 Å². The number of carbonyl (C=O) groups is 2. The molecule has 1 atom stereocenters. The van der Waals surface area contributed by atoms with Crippen LogP contribution in [0.15, 0.2) is 18.2 Å². The van der Waals surface area contributed by atoms with Crippen molar-refractivity contribution in [3.05, 3.63) is 28.3 Å². The molecule has 0 aromatic heterocycles. The molecule has 1 aromatic rings. The second kappa shape index (κ2) is 8.99. The molecule has 1 aromatic carbocycles. The molecule has 0 aliphatic heterocycles. The summed E-state index contributed by atoms with van der Waals surface area (Å²) in [4.78, 5) is 33.4. The van der Waals surface area contributed by atoms with Crippen molar-refractivity contribution in [1.29, 1.82) is 0 Å². The zero-order valence-electron chi connectivity index (χ0n) is 13.0. The van der Waals surface area contributed by atoms with Gasteiger partial charge in [-0.25, -0.2) is 0 Å². The third kappa shape index (κ3) is 5.78. The van der Waals surface area contributed by atoms with Gasteiger partial charge < -0.3 is 14.8 Å². The van der Waals surface area contributed by atoms with Crippen LogP contribution in [0.4, 0.5) is 11.4 Å². The summed E-state index contributed by atoms with van der Waals surface area (Å²) in [5, 5.41) is 13.0. The minimum Gasteiger partial charge on any atom is -0.495 e. The van der Waals surface area contributed by atoms with E-state index in [0.29, 0.717) is 11.5 Å². The van der Waals surface area contributed by atoms with Gasteiger partial charge in [0.15, 0.2) is 0 Å². The number of hydrogen-bond donors (Lipinski definition) is 1. The predicted molar refractivity (Wildman–Crippen MR) is 86.8 cm³/mol. The van der Waals surface area contributed by atoms with Gasteiger partial charge in [0, 0.05) is 17.9 Å². The van der Waals surface area contributed by atoms with Crippen molar-refractivity contribution < 1.29 is 24.0 Å². The van der Waals surface area contributed by atoms with Crippen molar-refractivity contribution in [2.24, 2.45) is 0 Å². The number of hydrogen-bond acceptors (Lipinski definition) is 7. The summed E-state index contributed by atoms with van der Waals surface area (Å²) in [7, 11) is 2.71. The van der Waals surface area contributed by atoms with E-state index < -0.39 is 10.2 Å². The van der Waals surface area contributed by atoms with E-state index in [1.165, 1.54) is 44.2 Å². The minimum absolute atomic E-state index is 0.146. The number of esters is 1. The summed E-state index contributed by atoms with van der Waals surface area (Å²) in [6.07, 6.45) is 0.207. The van der Waals surface area contributed by atoms with Crippen LogP contribution in [0, 0.1) is 10.1 Å². The van der Waals surface area contributed by atoms with Gasteiger partial charge in [-0.1, -0.05) is 0 Å². The molecular weight excluding hydrogens is 324 g/mol. The van der Waals surface area contributed by atoms with Gasteiger partial charge in [0.1, 0.15) is 5.75 Å². The van der Waals surface area contributed by atoms with E-state index in [9.17, 15) is 19.7 Å². The highest BCUT2D eigenvalue weighted by atomic mass is 32.2. The Hall–Kier alpha value is -2.29. The fourth-order valence-electron chi connectivity index (χ4n) is 1.64. The highest BCUT2D eigenvalue weighted by molar-refractivity contribution is 8.00. The Kier molecular flexibility index (Phi) is 7.33. The van der Waals surface area contributed by atoms with Crippen LogP contribution in [-0.4, -0.2) is 42.0 Å². The van der Waals surface area contributed by atoms with Gasteiger partial charge in [-0.3, -0.25) is 19.7 Å². The molecule has 0 aliphatic rings. The lowest BCUT2D eigenvalue weighted by molar-refractivity contribution is -0.384. The number of amides is 1. The fourth-order valence-corrected chi connectivity index (χ4v) is 2.49. The predicted octanol–water partition coefficient (Wildman–Crippen LogP) is 2.23. The first kappa shape index (κ1) is 18.8. The normalized spacial score (nSPS) is 11.4. The number of anilines is 1. The van der Waals surface area contributed by atoms with Crippen molar-refractivity contribution in [3.63, 3.8) is 0 Å². The standard InChI is InChI=1S/C14H18N2O6S/c1-9(23-7-6-13(17)22-3)14(18)15-11-8-10(16(19)20)4-5-12(11)21-2/h4-5,8-9H,6-7H2,1-3H3,(H,15,18)/t9-/m0/s1. The Morgan fingerprint density at radius 2 is 2.09 bits per heavy atom. The SMILES string of the molecule is COC(=O)CCS[C@@H](C)C(=O)Nc1cc([N+](=O)[O-])ccc1OC. The minimum atomic E-state index is -0.552. The molecule has 0 heterocycles. The maximum absolute atomic E-state index is 12.1. The number of nitrogens with zero attached hydrogens (tertiary/aromatic N) is 1. The fraction of sp³-hybridized carbons (Fsp3) is 0.429. The molecule has 8 nitrogen and oxygen atoms in total. The number of benzene rings is 1. The molecule has 0 saturated heterocycles. The maximum Gasteiger partial charge on any atom is 0.306 e. The summed E-state index contributed by atoms with van der Waals surface area (Å²) in [6.45, 7) is 1.68. The van der Waals surface area contributed by atoms with Gasteiger partial charge in [-0.05, 0) is 13.0 Å². The molecular formula is C14H18N2O6S. The lowest BCUT2D eigenvalue weighted by Crippen LogP contribution is -2.23. The van der Waals surface area contributed by atoms with E-state index in [0.717, 1.165) is 0 Å². The summed E-state index contributed by atoms with van der Waals surface area (Å²) in [5.74, 6) is 0.0905. The van der Waals surface area contributed by atoms with Gasteiger partial charge in [-0.2, -0.15) is 0 Å². The van der Waals surface area contributed by atoms with Crippen molar-refractivity contribution in [3.8, 4) is 5.75 Å². The van der Waals surface area contributed by atoms with E-state index in [4.69, 9.17) is 4.74 Å². The number of methoxy groups -OCH3 is 2. The molecule has 9 heteroatoms. The van der Waals surface area contributed by atoms with Gasteiger partial charge in [0.2, 0.25) is 5.91 Å². The average Bonchev–Trinajstić information content (AvgIpc) is 2.54. The Morgan fingerprint density at radius 3 is 2.65 bits per heavy atom. The molecule has 0 aliphatic carbocycles. The van der Waals surface area contributed by atoms with E-state index in [-0.39, 0.29) is 29.7 Å². The number of nitro benzene ring substituents is 1. The van der Waals surface area contributed by atoms with E-state index >= 15 is 0 Å². The number of nitro groups is 1. The number of carbonyl (C=O) groups excluding carboxylic acids is 2. The largest absolute Gasteiger partial charge is 0.495 e. The molecule has 1 N–H and O–H groups in total. The topological polar surface area (TPSA) is 108 Å². The van der Waals surface area contributed by atoms with Gasteiger partial charge >= 0.3 is 5.97 Å². The summed E-state index contributed by atoms with van der Waals surface area (Å²) in [6, 6.07) is 3.95. The van der Waals surface area contributed by atoms with E-state index in [1.54, 1.807) is 6.92 Å². The second-order valence-corrected chi connectivity index (χ2v) is 5.92. The van der Waals surface area contributed by atoms with E-state index in [2.05, 4.69) is 10.1 Å². The first-order valence-electron chi connectivity index (χ1n) is 6.70. The van der Waals surface area contributed by atoms with Crippen LogP contribution in [0.3, 0.4) is 0 Å². The third-order valence-electron chi connectivity index (χ3n) is 2.92. The van der Waals surface area contributed by atoms with Gasteiger partial charge in [0.05, 0.1) is 36.5 Å². The average molecular weight is 342 g/mol. The van der Waals surface area contributed by atoms with Crippen LogP contribution in [0.25, 0.3) is 0 Å². The third-order valence-corrected chi connectivity index (χ3v) is 4.08. The molecule has 0 saturated carbocycles. The highest BCUT2D eigenvalue weighted by Gasteiger charge is 2.18. The molecule has 0 bridgehead atoms. The first-order valence-corrected chi connectivity index (χ1v) is 7.75. The number of rotatable bonds is 8. The summed E-state index contributed by atoms with van der Waals surface area (Å²) in [5.41, 5.74) is 0.0826. The molecule has 0 radical (unpaired) electrons. The number of nitrogens with one attached hydrogen (secondary N) is 1. The molecule has 1 rings (SSSR count). The molecule has 1 amide bonds. The summed E-state index contributed by atoms with van der Waals surface area (Å²) < 4.78 is 9.60. The number of ether oxygens (including phenoxy) is 2. The van der Waals surface area contributed by atoms with Crippen LogP contribution in [0.5, 0.6) is 5.75 Å². The smallest absolute Gasteiger partial charge is 0.306 e. The van der Waals surface area contributed by atoms with Crippen molar-refractivity contribution in [2.75, 3.05) is 25.3 Å². The zero-order chi connectivity index (χ0) is 17.4. The van der Waals surface area contributed by atoms with Crippen molar-refractivity contribution in [1.82, 2.24) is 0 Å². The first-order chi connectivity index (χ1) is 10.9. The Bertz CT molecular complexity index is 593. The van der Waals surface area contributed by atoms with Crippen LogP contribution >= 0.6 is 11.8 Å². The highest BCUT2D eigenvalue weighted by Crippen LogP contribution is 2.29. The molecule has 0 spiro atoms. The Balaban J connectivity index is 2.70. The van der Waals surface area contributed by atoms with Crippen LogP contribution < -0.4 is 10.1 Å². The maximum atomic E-state index is 12.1. The number of thioether (sulfide) groups is 1. The zero-order valence-corrected chi connectivity index (χ0v) is 13.8. The van der Waals surface area contributed by atoms with Crippen molar-refractivity contribution in [2.45, 2.75) is 18.6 Å². The summed E-state index contributed by atoms with van der Waals surface area (Å²) >= 11 is 1.28. The lowest BCUT2D eigenvalue weighted by Gasteiger charge is -2.14. The van der Waals surface area contributed by atoms with E-state index in [1.807, 2.05) is 0 Å². The number of non-ortho nitro benzene ring substituents is 1. The lowest BCUT2D eigenvalue weighted by atomic mass is 10.2. The van der Waals surface area contributed by atoms with Crippen LogP contribution in [0.2, 0.25) is 0 Å². The van der Waals surface area contributed by atoms with Gasteiger partial charge in [-0.15, -0.1) is 11.8 Å². The quantitative estimate of drug-likeness (QED) is 0.438. The molecule has 23 heavy (non-hydrogen) atoms. The molecule has 0 unspecified atom stereocenters. The Morgan fingerprint density at radius 1 is 1.39 bits per heavy atom. The van der Waals surface area contributed by atoms with Crippen LogP contribution in [-0.2, 0) is 14.3 Å². The monoisotopic (exact) mass is 342 g/mol. The van der Waals surface area contributed by atoms with Crippen LogP contribution in [0.1, 0.15) is 13.3 Å². The molecule has 0 fully saturated rings. The molecule has 126 valence electrons.